The van der Waals surface area contributed by atoms with Crippen LogP contribution in [0.25, 0.3) is 0 Å². The van der Waals surface area contributed by atoms with Gasteiger partial charge in [0.15, 0.2) is 5.13 Å². The highest BCUT2D eigenvalue weighted by Gasteiger charge is 2.26. The van der Waals surface area contributed by atoms with Crippen molar-refractivity contribution in [2.45, 2.75) is 30.8 Å². The number of hydrogen-bond acceptors (Lipinski definition) is 3. The largest absolute Gasteiger partial charge is 0.365 e. The van der Waals surface area contributed by atoms with Crippen LogP contribution in [0.2, 0.25) is 0 Å². The molecule has 1 aliphatic heterocycles. The molecule has 0 saturated carbocycles. The van der Waals surface area contributed by atoms with E-state index in [-0.39, 0.29) is 18.9 Å². The molecule has 1 heterocycles. The molecule has 2 atom stereocenters. The van der Waals surface area contributed by atoms with Gasteiger partial charge < -0.3 is 16.8 Å². The van der Waals surface area contributed by atoms with E-state index in [1.165, 1.54) is 0 Å². The van der Waals surface area contributed by atoms with Gasteiger partial charge in [-0.2, -0.15) is 0 Å². The second-order valence-electron chi connectivity index (χ2n) is 4.74. The fourth-order valence-corrected chi connectivity index (χ4v) is 2.14. The van der Waals surface area contributed by atoms with Crippen LogP contribution in [0.5, 0.6) is 0 Å². The van der Waals surface area contributed by atoms with Gasteiger partial charge in [0.2, 0.25) is 0 Å². The number of rotatable bonds is 8. The van der Waals surface area contributed by atoms with Crippen LogP contribution in [0, 0.1) is 5.92 Å². The molecule has 108 valence electrons. The molecule has 5 heteroatoms. The van der Waals surface area contributed by atoms with Gasteiger partial charge in [0.05, 0.1) is 0 Å². The summed E-state index contributed by atoms with van der Waals surface area (Å²) in [4.78, 5) is 0. The molecule has 0 amide bonds. The number of halogens is 2. The van der Waals surface area contributed by atoms with E-state index in [4.69, 9.17) is 23.1 Å². The number of allylic oxidation sites excluding steroid dienone is 5. The highest BCUT2D eigenvalue weighted by atomic mass is 35.5. The fraction of sp³-hybridized carbons (Fsp3) is 0.571. The van der Waals surface area contributed by atoms with Crippen LogP contribution >= 0.6 is 11.6 Å². The summed E-state index contributed by atoms with van der Waals surface area (Å²) in [5, 5.41) is 1.42. The van der Waals surface area contributed by atoms with Gasteiger partial charge in [-0.15, -0.1) is 0 Å². The van der Waals surface area contributed by atoms with E-state index in [0.29, 0.717) is 13.0 Å². The number of hydrogen-bond donors (Lipinski definition) is 3. The molecule has 5 N–H and O–H groups in total. The maximum atomic E-state index is 13.7. The summed E-state index contributed by atoms with van der Waals surface area (Å²) in [6.45, 7) is 0.471. The van der Waals surface area contributed by atoms with Crippen LogP contribution in [0.15, 0.2) is 36.2 Å². The molecular weight excluding hydrogens is 265 g/mol. The molecule has 3 nitrogen and oxygen atoms in total. The third kappa shape index (κ3) is 6.23. The van der Waals surface area contributed by atoms with Crippen molar-refractivity contribution >= 4 is 11.6 Å². The summed E-state index contributed by atoms with van der Waals surface area (Å²) in [5.41, 5.74) is 11.9. The zero-order chi connectivity index (χ0) is 14.1. The summed E-state index contributed by atoms with van der Waals surface area (Å²) >= 11 is 5.69. The first-order valence-corrected chi connectivity index (χ1v) is 7.05. The Morgan fingerprint density at radius 2 is 2.05 bits per heavy atom. The van der Waals surface area contributed by atoms with E-state index in [1.54, 1.807) is 0 Å². The molecule has 0 aliphatic carbocycles. The van der Waals surface area contributed by atoms with Gasteiger partial charge in [0.1, 0.15) is 0 Å². The van der Waals surface area contributed by atoms with Gasteiger partial charge in [-0.25, -0.2) is 4.39 Å². The van der Waals surface area contributed by atoms with Crippen LogP contribution in [0.4, 0.5) is 4.39 Å². The van der Waals surface area contributed by atoms with Gasteiger partial charge >= 0.3 is 0 Å². The lowest BCUT2D eigenvalue weighted by Crippen LogP contribution is -2.28. The molecule has 2 unspecified atom stereocenters. The first-order chi connectivity index (χ1) is 9.09. The Hall–Kier alpha value is -0.840. The van der Waals surface area contributed by atoms with Gasteiger partial charge in [-0.05, 0) is 50.3 Å². The second kappa shape index (κ2) is 8.35. The predicted octanol–water partition coefficient (Wildman–Crippen LogP) is 2.54. The van der Waals surface area contributed by atoms with Crippen LogP contribution in [-0.4, -0.2) is 18.2 Å². The smallest absolute Gasteiger partial charge is 0.195 e. The summed E-state index contributed by atoms with van der Waals surface area (Å²) in [5.74, 6) is 0.219. The molecule has 0 aromatic heterocycles. The van der Waals surface area contributed by atoms with Gasteiger partial charge in [-0.1, -0.05) is 23.8 Å². The van der Waals surface area contributed by atoms with Crippen molar-refractivity contribution in [2.24, 2.45) is 17.4 Å². The molecule has 0 bridgehead atoms. The van der Waals surface area contributed by atoms with Crippen LogP contribution in [-0.2, 0) is 0 Å². The number of nitrogens with one attached hydrogen (secondary N) is 1. The second-order valence-corrected chi connectivity index (χ2v) is 5.41. The average Bonchev–Trinajstić information content (AvgIpc) is 2.68. The van der Waals surface area contributed by atoms with Crippen molar-refractivity contribution in [3.8, 4) is 0 Å². The van der Waals surface area contributed by atoms with Gasteiger partial charge in [0, 0.05) is 18.4 Å². The maximum absolute atomic E-state index is 13.7. The SMILES string of the molecule is NCCCC(CCC(F)(Cl)CN)C1=CC=CC=CN1. The summed E-state index contributed by atoms with van der Waals surface area (Å²) < 4.78 is 13.7. The Balaban J connectivity index is 2.63. The number of nitrogens with two attached hydrogens (primary N) is 2. The lowest BCUT2D eigenvalue weighted by Gasteiger charge is -2.23. The molecule has 0 saturated heterocycles. The Kier molecular flexibility index (Phi) is 7.13. The Labute approximate surface area is 119 Å². The lowest BCUT2D eigenvalue weighted by molar-refractivity contribution is 0.248. The third-order valence-corrected chi connectivity index (χ3v) is 3.54. The van der Waals surface area contributed by atoms with Crippen molar-refractivity contribution in [2.75, 3.05) is 13.1 Å². The minimum absolute atomic E-state index is 0.162. The monoisotopic (exact) mass is 287 g/mol. The van der Waals surface area contributed by atoms with E-state index < -0.39 is 5.13 Å². The van der Waals surface area contributed by atoms with Crippen molar-refractivity contribution in [3.05, 3.63) is 36.2 Å². The topological polar surface area (TPSA) is 64.1 Å². The molecule has 0 fully saturated rings. The van der Waals surface area contributed by atoms with Crippen LogP contribution in [0.3, 0.4) is 0 Å². The summed E-state index contributed by atoms with van der Waals surface area (Å²) in [6.07, 6.45) is 12.4. The van der Waals surface area contributed by atoms with E-state index in [1.807, 2.05) is 30.5 Å². The molecule has 0 aromatic carbocycles. The zero-order valence-corrected chi connectivity index (χ0v) is 11.9. The summed E-state index contributed by atoms with van der Waals surface area (Å²) in [6, 6.07) is 0. The predicted molar refractivity (Wildman–Crippen MR) is 79.3 cm³/mol. The van der Waals surface area contributed by atoms with Crippen molar-refractivity contribution in [1.82, 2.24) is 5.32 Å². The molecule has 0 aromatic rings. The Morgan fingerprint density at radius 3 is 2.74 bits per heavy atom. The molecule has 0 radical (unpaired) electrons. The van der Waals surface area contributed by atoms with Gasteiger partial charge in [0.25, 0.3) is 0 Å². The van der Waals surface area contributed by atoms with Crippen molar-refractivity contribution in [1.29, 1.82) is 0 Å². The standard InChI is InChI=1S/C14H23ClFN3/c15-14(16,11-18)8-7-12(5-4-9-17)13-6-2-1-3-10-19-13/h1-3,6,10,12,19H,4-5,7-9,11,17-18H2. The summed E-state index contributed by atoms with van der Waals surface area (Å²) in [7, 11) is 0. The maximum Gasteiger partial charge on any atom is 0.195 e. The van der Waals surface area contributed by atoms with Crippen LogP contribution in [0.1, 0.15) is 25.7 Å². The van der Waals surface area contributed by atoms with E-state index in [9.17, 15) is 4.39 Å². The third-order valence-electron chi connectivity index (χ3n) is 3.20. The Morgan fingerprint density at radius 1 is 1.26 bits per heavy atom. The zero-order valence-electron chi connectivity index (χ0n) is 11.1. The van der Waals surface area contributed by atoms with E-state index in [2.05, 4.69) is 5.32 Å². The van der Waals surface area contributed by atoms with E-state index >= 15 is 0 Å². The highest BCUT2D eigenvalue weighted by molar-refractivity contribution is 6.22. The minimum Gasteiger partial charge on any atom is -0.365 e. The van der Waals surface area contributed by atoms with Crippen LogP contribution < -0.4 is 16.8 Å². The first kappa shape index (κ1) is 16.2. The number of alkyl halides is 2. The normalized spacial score (nSPS) is 19.3. The van der Waals surface area contributed by atoms with Crippen molar-refractivity contribution < 1.29 is 4.39 Å². The van der Waals surface area contributed by atoms with E-state index in [0.717, 1.165) is 18.5 Å². The fourth-order valence-electron chi connectivity index (χ4n) is 2.03. The minimum atomic E-state index is -1.81. The molecule has 1 aliphatic rings. The average molecular weight is 288 g/mol. The highest BCUT2D eigenvalue weighted by Crippen LogP contribution is 2.29. The quantitative estimate of drug-likeness (QED) is 0.601. The first-order valence-electron chi connectivity index (χ1n) is 6.67. The molecule has 1 rings (SSSR count). The molecule has 19 heavy (non-hydrogen) atoms. The van der Waals surface area contributed by atoms with Gasteiger partial charge in [-0.3, -0.25) is 0 Å². The van der Waals surface area contributed by atoms with Crippen molar-refractivity contribution in [3.63, 3.8) is 0 Å². The lowest BCUT2D eigenvalue weighted by atomic mass is 9.92. The molecule has 0 spiro atoms. The molecular formula is C14H23ClFN3. The Bertz CT molecular complexity index is 351.